The van der Waals surface area contributed by atoms with E-state index < -0.39 is 18.2 Å². The molecule has 3 N–H and O–H groups in total. The van der Waals surface area contributed by atoms with Gasteiger partial charge in [-0.05, 0) is 44.9 Å². The fraction of sp³-hybridized carbons (Fsp3) is 0.815. The zero-order valence-electron chi connectivity index (χ0n) is 39.8. The van der Waals surface area contributed by atoms with Gasteiger partial charge in [-0.3, -0.25) is 9.59 Å². The van der Waals surface area contributed by atoms with Crippen molar-refractivity contribution in [2.75, 3.05) is 6.61 Å². The van der Waals surface area contributed by atoms with E-state index in [1.807, 2.05) is 18.2 Å². The zero-order chi connectivity index (χ0) is 43.8. The van der Waals surface area contributed by atoms with Crippen molar-refractivity contribution in [3.05, 3.63) is 48.6 Å². The minimum absolute atomic E-state index is 0.0702. The highest BCUT2D eigenvalue weighted by Crippen LogP contribution is 2.18. The molecule has 0 aromatic heterocycles. The van der Waals surface area contributed by atoms with Crippen LogP contribution in [-0.2, 0) is 14.3 Å². The number of ether oxygens (including phenoxy) is 1. The Morgan fingerprint density at radius 2 is 0.900 bits per heavy atom. The molecule has 3 atom stereocenters. The molecule has 60 heavy (non-hydrogen) atoms. The van der Waals surface area contributed by atoms with Crippen molar-refractivity contribution in [3.63, 3.8) is 0 Å². The fourth-order valence-electron chi connectivity index (χ4n) is 7.85. The third kappa shape index (κ3) is 42.5. The lowest BCUT2D eigenvalue weighted by atomic mass is 10.0. The molecule has 0 rings (SSSR count). The van der Waals surface area contributed by atoms with E-state index in [1.54, 1.807) is 0 Å². The Bertz CT molecular complexity index is 1040. The predicted octanol–water partition coefficient (Wildman–Crippen LogP) is 15.5. The van der Waals surface area contributed by atoms with E-state index in [0.717, 1.165) is 77.0 Å². The normalized spacial score (nSPS) is 13.6. The molecule has 3 unspecified atom stereocenters. The molecule has 6 nitrogen and oxygen atoms in total. The number of hydrogen-bond acceptors (Lipinski definition) is 5. The first kappa shape index (κ1) is 57.8. The van der Waals surface area contributed by atoms with Crippen LogP contribution >= 0.6 is 0 Å². The van der Waals surface area contributed by atoms with E-state index in [0.29, 0.717) is 19.3 Å². The number of unbranched alkanes of at least 4 members (excludes halogenated alkanes) is 29. The van der Waals surface area contributed by atoms with Gasteiger partial charge < -0.3 is 20.3 Å². The number of esters is 1. The van der Waals surface area contributed by atoms with Gasteiger partial charge in [0, 0.05) is 6.42 Å². The Morgan fingerprint density at radius 1 is 0.500 bits per heavy atom. The van der Waals surface area contributed by atoms with Crippen LogP contribution in [0.5, 0.6) is 0 Å². The number of nitrogens with one attached hydrogen (secondary N) is 1. The smallest absolute Gasteiger partial charge is 0.306 e. The SMILES string of the molecule is CC/C=C/C=C/C=C/C=C\CCCCCCCC(=O)OC(CCCCCCCCCCCCCC)CC(=O)NC(CO)C(O)CCCCCCCCCCCCCCCC. The lowest BCUT2D eigenvalue weighted by molar-refractivity contribution is -0.151. The van der Waals surface area contributed by atoms with Crippen LogP contribution in [0.1, 0.15) is 258 Å². The summed E-state index contributed by atoms with van der Waals surface area (Å²) >= 11 is 0. The number of allylic oxidation sites excluding steroid dienone is 8. The number of hydrogen-bond donors (Lipinski definition) is 3. The van der Waals surface area contributed by atoms with Gasteiger partial charge in [-0.1, -0.05) is 249 Å². The Hall–Kier alpha value is -2.18. The third-order valence-electron chi connectivity index (χ3n) is 11.8. The number of carbonyl (C=O) groups is 2. The monoisotopic (exact) mass is 842 g/mol. The first-order valence-electron chi connectivity index (χ1n) is 25.9. The zero-order valence-corrected chi connectivity index (χ0v) is 39.8. The standard InChI is InChI=1S/C54H99NO5/c1-4-7-10-13-16-19-22-25-27-29-32-35-38-41-44-47-54(59)60-50(45-42-39-36-33-30-24-21-18-15-12-9-6-3)48-53(58)55-51(49-56)52(57)46-43-40-37-34-31-28-26-23-20-17-14-11-8-5-2/h7,10,13,16,19,22,25,27,50-52,56-57H,4-6,8-9,11-12,14-15,17-18,20-21,23-24,26,28-49H2,1-3H3,(H,55,58)/b10-7+,16-13+,22-19+,27-25-. The van der Waals surface area contributed by atoms with Gasteiger partial charge >= 0.3 is 5.97 Å². The Morgan fingerprint density at radius 3 is 1.37 bits per heavy atom. The van der Waals surface area contributed by atoms with Crippen molar-refractivity contribution < 1.29 is 24.5 Å². The topological polar surface area (TPSA) is 95.9 Å². The average molecular weight is 842 g/mol. The fourth-order valence-corrected chi connectivity index (χ4v) is 7.85. The number of amides is 1. The Kier molecular flexibility index (Phi) is 46.1. The summed E-state index contributed by atoms with van der Waals surface area (Å²) in [4.78, 5) is 26.1. The molecule has 0 aromatic carbocycles. The molecule has 0 spiro atoms. The molecule has 0 heterocycles. The van der Waals surface area contributed by atoms with Gasteiger partial charge in [-0.15, -0.1) is 0 Å². The van der Waals surface area contributed by atoms with Crippen molar-refractivity contribution in [1.29, 1.82) is 0 Å². The van der Waals surface area contributed by atoms with Gasteiger partial charge in [0.25, 0.3) is 0 Å². The van der Waals surface area contributed by atoms with Crippen LogP contribution in [0, 0.1) is 0 Å². The van der Waals surface area contributed by atoms with Crippen molar-refractivity contribution in [2.45, 2.75) is 277 Å². The first-order chi connectivity index (χ1) is 29.5. The maximum Gasteiger partial charge on any atom is 0.306 e. The maximum atomic E-state index is 13.2. The second-order valence-corrected chi connectivity index (χ2v) is 17.6. The van der Waals surface area contributed by atoms with Gasteiger partial charge in [-0.2, -0.15) is 0 Å². The lowest BCUT2D eigenvalue weighted by Crippen LogP contribution is -2.46. The Labute approximate surface area is 372 Å². The summed E-state index contributed by atoms with van der Waals surface area (Å²) < 4.78 is 5.92. The highest BCUT2D eigenvalue weighted by Gasteiger charge is 2.24. The molecule has 0 bridgehead atoms. The van der Waals surface area contributed by atoms with Crippen molar-refractivity contribution in [2.24, 2.45) is 0 Å². The minimum atomic E-state index is -0.790. The summed E-state index contributed by atoms with van der Waals surface area (Å²) in [5.74, 6) is -0.492. The third-order valence-corrected chi connectivity index (χ3v) is 11.8. The minimum Gasteiger partial charge on any atom is -0.462 e. The summed E-state index contributed by atoms with van der Waals surface area (Å²) in [6, 6.07) is -0.704. The van der Waals surface area contributed by atoms with Gasteiger partial charge in [0.05, 0.1) is 25.2 Å². The van der Waals surface area contributed by atoms with Crippen LogP contribution < -0.4 is 5.32 Å². The molecule has 0 fully saturated rings. The van der Waals surface area contributed by atoms with E-state index in [1.165, 1.54) is 135 Å². The van der Waals surface area contributed by atoms with Gasteiger partial charge in [0.15, 0.2) is 0 Å². The highest BCUT2D eigenvalue weighted by atomic mass is 16.5. The van der Waals surface area contributed by atoms with E-state index in [4.69, 9.17) is 4.74 Å². The second-order valence-electron chi connectivity index (χ2n) is 17.6. The van der Waals surface area contributed by atoms with Gasteiger partial charge in [0.2, 0.25) is 5.91 Å². The van der Waals surface area contributed by atoms with Crippen LogP contribution in [0.4, 0.5) is 0 Å². The molecule has 0 aromatic rings. The maximum absolute atomic E-state index is 13.2. The molecule has 0 saturated carbocycles. The predicted molar refractivity (Wildman–Crippen MR) is 259 cm³/mol. The van der Waals surface area contributed by atoms with Gasteiger partial charge in [-0.25, -0.2) is 0 Å². The molecular weight excluding hydrogens is 743 g/mol. The van der Waals surface area contributed by atoms with Crippen molar-refractivity contribution in [3.8, 4) is 0 Å². The van der Waals surface area contributed by atoms with E-state index >= 15 is 0 Å². The molecule has 350 valence electrons. The molecule has 0 saturated heterocycles. The molecule has 0 aliphatic heterocycles. The molecule has 6 heteroatoms. The molecule has 0 aliphatic rings. The summed E-state index contributed by atoms with van der Waals surface area (Å²) in [7, 11) is 0. The lowest BCUT2D eigenvalue weighted by Gasteiger charge is -2.24. The van der Waals surface area contributed by atoms with Crippen LogP contribution in [-0.4, -0.2) is 46.9 Å². The van der Waals surface area contributed by atoms with Crippen LogP contribution in [0.3, 0.4) is 0 Å². The van der Waals surface area contributed by atoms with Crippen molar-refractivity contribution in [1.82, 2.24) is 5.32 Å². The summed E-state index contributed by atoms with van der Waals surface area (Å²) in [6.45, 7) is 6.35. The summed E-state index contributed by atoms with van der Waals surface area (Å²) in [6.07, 6.45) is 57.4. The Balaban J connectivity index is 4.57. The van der Waals surface area contributed by atoms with Crippen LogP contribution in [0.25, 0.3) is 0 Å². The summed E-state index contributed by atoms with van der Waals surface area (Å²) in [5, 5.41) is 23.8. The number of aliphatic hydroxyl groups is 2. The largest absolute Gasteiger partial charge is 0.462 e. The second kappa shape index (κ2) is 47.9. The van der Waals surface area contributed by atoms with Crippen molar-refractivity contribution >= 4 is 11.9 Å². The van der Waals surface area contributed by atoms with Crippen LogP contribution in [0.2, 0.25) is 0 Å². The number of carbonyl (C=O) groups excluding carboxylic acids is 2. The summed E-state index contributed by atoms with van der Waals surface area (Å²) in [5.41, 5.74) is 0. The molecule has 1 amide bonds. The first-order valence-corrected chi connectivity index (χ1v) is 25.9. The average Bonchev–Trinajstić information content (AvgIpc) is 3.24. The quantitative estimate of drug-likeness (QED) is 0.0322. The van der Waals surface area contributed by atoms with Crippen LogP contribution in [0.15, 0.2) is 48.6 Å². The van der Waals surface area contributed by atoms with Gasteiger partial charge in [0.1, 0.15) is 6.10 Å². The van der Waals surface area contributed by atoms with E-state index in [9.17, 15) is 19.8 Å². The van der Waals surface area contributed by atoms with E-state index in [-0.39, 0.29) is 24.9 Å². The molecule has 0 aliphatic carbocycles. The molecule has 0 radical (unpaired) electrons. The number of rotatable bonds is 46. The molecular formula is C54H99NO5. The highest BCUT2D eigenvalue weighted by molar-refractivity contribution is 5.77. The van der Waals surface area contributed by atoms with E-state index in [2.05, 4.69) is 56.5 Å². The number of aliphatic hydroxyl groups excluding tert-OH is 2.